The molecule has 0 bridgehead atoms. The summed E-state index contributed by atoms with van der Waals surface area (Å²) >= 11 is 1.93. The van der Waals surface area contributed by atoms with Gasteiger partial charge in [-0.2, -0.15) is 0 Å². The van der Waals surface area contributed by atoms with E-state index >= 15 is 0 Å². The molecule has 1 aliphatic heterocycles. The number of ether oxygens (including phenoxy) is 1. The zero-order valence-corrected chi connectivity index (χ0v) is 10.6. The zero-order valence-electron chi connectivity index (χ0n) is 9.74. The summed E-state index contributed by atoms with van der Waals surface area (Å²) in [4.78, 5) is 1.36. The van der Waals surface area contributed by atoms with Crippen molar-refractivity contribution in [3.8, 4) is 0 Å². The Morgan fingerprint density at radius 3 is 2.62 bits per heavy atom. The first-order valence-electron chi connectivity index (χ1n) is 5.78. The van der Waals surface area contributed by atoms with Crippen LogP contribution in [0.4, 0.5) is 0 Å². The summed E-state index contributed by atoms with van der Waals surface area (Å²) in [5, 5.41) is 0. The maximum absolute atomic E-state index is 5.96. The number of benzene rings is 1. The van der Waals surface area contributed by atoms with Crippen molar-refractivity contribution in [2.24, 2.45) is 5.73 Å². The van der Waals surface area contributed by atoms with E-state index in [0.29, 0.717) is 0 Å². The Hall–Kier alpha value is -0.510. The van der Waals surface area contributed by atoms with Crippen molar-refractivity contribution in [2.75, 3.05) is 19.8 Å². The Morgan fingerprint density at radius 2 is 2.00 bits per heavy atom. The largest absolute Gasteiger partial charge is 0.381 e. The highest BCUT2D eigenvalue weighted by Crippen LogP contribution is 2.40. The lowest BCUT2D eigenvalue weighted by Gasteiger charge is -2.35. The molecule has 0 amide bonds. The molecule has 88 valence electrons. The maximum Gasteiger partial charge on any atom is 0.0479 e. The average molecular weight is 237 g/mol. The molecule has 2 N–H and O–H groups in total. The van der Waals surface area contributed by atoms with Gasteiger partial charge in [-0.15, -0.1) is 11.8 Å². The van der Waals surface area contributed by atoms with Gasteiger partial charge in [0.15, 0.2) is 0 Å². The summed E-state index contributed by atoms with van der Waals surface area (Å²) < 4.78 is 5.61. The van der Waals surface area contributed by atoms with Gasteiger partial charge in [-0.3, -0.25) is 0 Å². The predicted molar refractivity (Wildman–Crippen MR) is 68.9 cm³/mol. The van der Waals surface area contributed by atoms with E-state index in [1.807, 2.05) is 11.8 Å². The Balaban J connectivity index is 2.15. The highest BCUT2D eigenvalue weighted by atomic mass is 32.2. The molecular weight excluding hydrogens is 218 g/mol. The Kier molecular flexibility index (Phi) is 3.90. The van der Waals surface area contributed by atoms with E-state index in [9.17, 15) is 0 Å². The first-order valence-corrected chi connectivity index (χ1v) is 6.60. The lowest BCUT2D eigenvalue weighted by atomic mass is 9.99. The van der Waals surface area contributed by atoms with Crippen LogP contribution >= 0.6 is 11.8 Å². The van der Waals surface area contributed by atoms with Crippen molar-refractivity contribution in [2.45, 2.75) is 29.4 Å². The van der Waals surface area contributed by atoms with Crippen LogP contribution in [0.3, 0.4) is 0 Å². The second-order valence-corrected chi connectivity index (χ2v) is 5.88. The standard InChI is InChI=1S/C13H19NOS/c1-11-4-2-3-5-12(11)16-13(10-14)6-8-15-9-7-13/h2-5H,6-10,14H2,1H3. The molecule has 0 radical (unpaired) electrons. The van der Waals surface area contributed by atoms with E-state index in [1.165, 1.54) is 10.5 Å². The lowest BCUT2D eigenvalue weighted by molar-refractivity contribution is 0.0792. The van der Waals surface area contributed by atoms with Crippen molar-refractivity contribution < 1.29 is 4.74 Å². The van der Waals surface area contributed by atoms with Crippen LogP contribution in [-0.4, -0.2) is 24.5 Å². The topological polar surface area (TPSA) is 35.2 Å². The van der Waals surface area contributed by atoms with Crippen LogP contribution in [0, 0.1) is 6.92 Å². The fourth-order valence-corrected chi connectivity index (χ4v) is 3.29. The minimum Gasteiger partial charge on any atom is -0.381 e. The monoisotopic (exact) mass is 237 g/mol. The van der Waals surface area contributed by atoms with Crippen molar-refractivity contribution in [1.82, 2.24) is 0 Å². The van der Waals surface area contributed by atoms with Gasteiger partial charge >= 0.3 is 0 Å². The van der Waals surface area contributed by atoms with Crippen molar-refractivity contribution >= 4 is 11.8 Å². The van der Waals surface area contributed by atoms with Crippen LogP contribution < -0.4 is 5.73 Å². The molecule has 1 saturated heterocycles. The van der Waals surface area contributed by atoms with Gasteiger partial charge in [0, 0.05) is 29.4 Å². The van der Waals surface area contributed by atoms with Crippen LogP contribution in [0.2, 0.25) is 0 Å². The molecule has 0 aliphatic carbocycles. The van der Waals surface area contributed by atoms with Crippen LogP contribution in [0.25, 0.3) is 0 Å². The Labute approximate surface area is 102 Å². The van der Waals surface area contributed by atoms with Gasteiger partial charge < -0.3 is 10.5 Å². The van der Waals surface area contributed by atoms with Crippen LogP contribution in [0.1, 0.15) is 18.4 Å². The molecule has 1 aliphatic rings. The maximum atomic E-state index is 5.96. The molecule has 1 aromatic rings. The van der Waals surface area contributed by atoms with Crippen molar-refractivity contribution in [3.63, 3.8) is 0 Å². The van der Waals surface area contributed by atoms with E-state index in [-0.39, 0.29) is 4.75 Å². The number of hydrogen-bond acceptors (Lipinski definition) is 3. The fourth-order valence-electron chi connectivity index (χ4n) is 2.00. The number of thioether (sulfide) groups is 1. The number of nitrogens with two attached hydrogens (primary N) is 1. The minimum absolute atomic E-state index is 0.185. The quantitative estimate of drug-likeness (QED) is 0.877. The first kappa shape index (κ1) is 12.0. The Morgan fingerprint density at radius 1 is 1.31 bits per heavy atom. The third kappa shape index (κ3) is 2.59. The molecule has 1 heterocycles. The van der Waals surface area contributed by atoms with E-state index < -0.39 is 0 Å². The second-order valence-electron chi connectivity index (χ2n) is 4.37. The van der Waals surface area contributed by atoms with E-state index in [2.05, 4.69) is 31.2 Å². The van der Waals surface area contributed by atoms with Crippen LogP contribution in [0.15, 0.2) is 29.2 Å². The predicted octanol–water partition coefficient (Wildman–Crippen LogP) is 2.60. The Bertz CT molecular complexity index is 348. The molecule has 1 aromatic carbocycles. The van der Waals surface area contributed by atoms with Crippen molar-refractivity contribution in [3.05, 3.63) is 29.8 Å². The molecule has 0 spiro atoms. The average Bonchev–Trinajstić information content (AvgIpc) is 2.33. The van der Waals surface area contributed by atoms with Gasteiger partial charge in [-0.25, -0.2) is 0 Å². The molecule has 0 saturated carbocycles. The number of rotatable bonds is 3. The molecule has 1 fully saturated rings. The van der Waals surface area contributed by atoms with Gasteiger partial charge in [0.05, 0.1) is 0 Å². The minimum atomic E-state index is 0.185. The molecule has 3 heteroatoms. The highest BCUT2D eigenvalue weighted by molar-refractivity contribution is 8.00. The summed E-state index contributed by atoms with van der Waals surface area (Å²) in [7, 11) is 0. The number of hydrogen-bond donors (Lipinski definition) is 1. The number of aryl methyl sites for hydroxylation is 1. The molecule has 2 rings (SSSR count). The summed E-state index contributed by atoms with van der Waals surface area (Å²) in [5.74, 6) is 0. The smallest absolute Gasteiger partial charge is 0.0479 e. The molecule has 0 unspecified atom stereocenters. The first-order chi connectivity index (χ1) is 7.76. The normalized spacial score (nSPS) is 19.6. The van der Waals surface area contributed by atoms with E-state index in [4.69, 9.17) is 10.5 Å². The van der Waals surface area contributed by atoms with E-state index in [1.54, 1.807) is 0 Å². The van der Waals surface area contributed by atoms with Gasteiger partial charge in [0.2, 0.25) is 0 Å². The SMILES string of the molecule is Cc1ccccc1SC1(CN)CCOCC1. The van der Waals surface area contributed by atoms with E-state index in [0.717, 1.165) is 32.6 Å². The lowest BCUT2D eigenvalue weighted by Crippen LogP contribution is -2.40. The van der Waals surface area contributed by atoms with Crippen LogP contribution in [0.5, 0.6) is 0 Å². The molecule has 0 atom stereocenters. The zero-order chi connectivity index (χ0) is 11.4. The van der Waals surface area contributed by atoms with Gasteiger partial charge in [-0.05, 0) is 31.4 Å². The highest BCUT2D eigenvalue weighted by Gasteiger charge is 2.32. The van der Waals surface area contributed by atoms with Gasteiger partial charge in [-0.1, -0.05) is 18.2 Å². The molecule has 0 aromatic heterocycles. The summed E-state index contributed by atoms with van der Waals surface area (Å²) in [6, 6.07) is 8.52. The molecule has 2 nitrogen and oxygen atoms in total. The summed E-state index contributed by atoms with van der Waals surface area (Å²) in [6.45, 7) is 4.58. The molecular formula is C13H19NOS. The third-order valence-electron chi connectivity index (χ3n) is 3.20. The van der Waals surface area contributed by atoms with Gasteiger partial charge in [0.1, 0.15) is 0 Å². The fraction of sp³-hybridized carbons (Fsp3) is 0.538. The summed E-state index contributed by atoms with van der Waals surface area (Å²) in [6.07, 6.45) is 2.12. The summed E-state index contributed by atoms with van der Waals surface area (Å²) in [5.41, 5.74) is 7.30. The molecule has 16 heavy (non-hydrogen) atoms. The second kappa shape index (κ2) is 5.21. The van der Waals surface area contributed by atoms with Crippen molar-refractivity contribution in [1.29, 1.82) is 0 Å². The third-order valence-corrected chi connectivity index (χ3v) is 4.88. The van der Waals surface area contributed by atoms with Gasteiger partial charge in [0.25, 0.3) is 0 Å². The van der Waals surface area contributed by atoms with Crippen LogP contribution in [-0.2, 0) is 4.74 Å².